The molecular weight excluding hydrogens is 231 g/mol. The molecule has 0 heterocycles. The molecule has 3 N–H and O–H groups in total. The molecule has 16 heavy (non-hydrogen) atoms. The van der Waals surface area contributed by atoms with Crippen LogP contribution < -0.4 is 10.5 Å². The second-order valence-electron chi connectivity index (χ2n) is 3.67. The van der Waals surface area contributed by atoms with Crippen molar-refractivity contribution in [2.24, 2.45) is 5.73 Å². The zero-order valence-electron chi connectivity index (χ0n) is 9.20. The van der Waals surface area contributed by atoms with Gasteiger partial charge in [0.05, 0.1) is 4.90 Å². The van der Waals surface area contributed by atoms with E-state index in [2.05, 4.69) is 4.72 Å². The highest BCUT2D eigenvalue weighted by molar-refractivity contribution is 7.89. The maximum atomic E-state index is 13.2. The Labute approximate surface area is 94.7 Å². The van der Waals surface area contributed by atoms with Gasteiger partial charge in [-0.2, -0.15) is 0 Å². The van der Waals surface area contributed by atoms with Crippen molar-refractivity contribution in [2.45, 2.75) is 24.8 Å². The number of aryl methyl sites for hydroxylation is 1. The lowest BCUT2D eigenvalue weighted by Gasteiger charge is -2.12. The van der Waals surface area contributed by atoms with Gasteiger partial charge in [0.25, 0.3) is 0 Å². The van der Waals surface area contributed by atoms with Crippen LogP contribution in [0, 0.1) is 12.7 Å². The van der Waals surface area contributed by atoms with Crippen LogP contribution in [-0.4, -0.2) is 21.0 Å². The first-order valence-electron chi connectivity index (χ1n) is 4.85. The van der Waals surface area contributed by atoms with Gasteiger partial charge in [0.15, 0.2) is 0 Å². The van der Waals surface area contributed by atoms with E-state index in [0.29, 0.717) is 5.56 Å². The van der Waals surface area contributed by atoms with Crippen LogP contribution >= 0.6 is 0 Å². The molecule has 1 unspecified atom stereocenters. The van der Waals surface area contributed by atoms with Crippen LogP contribution in [0.4, 0.5) is 4.39 Å². The minimum absolute atomic E-state index is 0.0871. The molecule has 0 aromatic heterocycles. The van der Waals surface area contributed by atoms with Gasteiger partial charge in [-0.15, -0.1) is 0 Å². The van der Waals surface area contributed by atoms with Crippen LogP contribution in [0.2, 0.25) is 0 Å². The molecule has 0 saturated heterocycles. The molecule has 1 atom stereocenters. The summed E-state index contributed by atoms with van der Waals surface area (Å²) in [5.74, 6) is -0.539. The van der Waals surface area contributed by atoms with Crippen molar-refractivity contribution in [3.05, 3.63) is 29.6 Å². The van der Waals surface area contributed by atoms with E-state index in [4.69, 9.17) is 5.73 Å². The predicted molar refractivity (Wildman–Crippen MR) is 60.0 cm³/mol. The van der Waals surface area contributed by atoms with Crippen molar-refractivity contribution < 1.29 is 12.8 Å². The largest absolute Gasteiger partial charge is 0.329 e. The Bertz CT molecular complexity index is 474. The Kier molecular flexibility index (Phi) is 4.01. The van der Waals surface area contributed by atoms with Crippen molar-refractivity contribution in [2.75, 3.05) is 6.54 Å². The SMILES string of the molecule is Cc1ccc(S(=O)(=O)NC(C)CN)cc1F. The number of hydrogen-bond acceptors (Lipinski definition) is 3. The number of rotatable bonds is 4. The minimum atomic E-state index is -3.68. The summed E-state index contributed by atoms with van der Waals surface area (Å²) in [5.41, 5.74) is 5.72. The van der Waals surface area contributed by atoms with Gasteiger partial charge in [-0.1, -0.05) is 6.07 Å². The third-order valence-electron chi connectivity index (χ3n) is 2.16. The van der Waals surface area contributed by atoms with Crippen molar-refractivity contribution in [3.63, 3.8) is 0 Å². The highest BCUT2D eigenvalue weighted by Gasteiger charge is 2.17. The number of hydrogen-bond donors (Lipinski definition) is 2. The summed E-state index contributed by atoms with van der Waals surface area (Å²) in [6.07, 6.45) is 0. The molecule has 1 aromatic rings. The third kappa shape index (κ3) is 3.01. The number of nitrogens with two attached hydrogens (primary N) is 1. The Morgan fingerprint density at radius 1 is 1.50 bits per heavy atom. The van der Waals surface area contributed by atoms with Crippen LogP contribution in [-0.2, 0) is 10.0 Å². The van der Waals surface area contributed by atoms with Gasteiger partial charge in [-0.05, 0) is 31.5 Å². The Hall–Kier alpha value is -0.980. The van der Waals surface area contributed by atoms with E-state index in [0.717, 1.165) is 6.07 Å². The number of nitrogens with one attached hydrogen (secondary N) is 1. The molecular formula is C10H15FN2O2S. The quantitative estimate of drug-likeness (QED) is 0.823. The second kappa shape index (κ2) is 4.90. The number of benzene rings is 1. The molecule has 0 aliphatic carbocycles. The van der Waals surface area contributed by atoms with Crippen molar-refractivity contribution in [1.82, 2.24) is 4.72 Å². The first-order chi connectivity index (χ1) is 7.36. The van der Waals surface area contributed by atoms with Crippen LogP contribution in [0.5, 0.6) is 0 Å². The van der Waals surface area contributed by atoms with E-state index >= 15 is 0 Å². The molecule has 0 spiro atoms. The molecule has 1 aromatic carbocycles. The van der Waals surface area contributed by atoms with E-state index in [1.165, 1.54) is 12.1 Å². The summed E-state index contributed by atoms with van der Waals surface area (Å²) in [4.78, 5) is -0.0871. The topological polar surface area (TPSA) is 72.2 Å². The lowest BCUT2D eigenvalue weighted by Crippen LogP contribution is -2.37. The molecule has 90 valence electrons. The molecule has 1 rings (SSSR count). The van der Waals surface area contributed by atoms with Crippen LogP contribution in [0.25, 0.3) is 0 Å². The standard InChI is InChI=1S/C10H15FN2O2S/c1-7-3-4-9(5-10(7)11)16(14,15)13-8(2)6-12/h3-5,8,13H,6,12H2,1-2H3. The molecule has 0 aliphatic rings. The molecule has 4 nitrogen and oxygen atoms in total. The molecule has 0 bridgehead atoms. The molecule has 0 aliphatic heterocycles. The third-order valence-corrected chi connectivity index (χ3v) is 3.75. The molecule has 0 fully saturated rings. The van der Waals surface area contributed by atoms with Crippen LogP contribution in [0.15, 0.2) is 23.1 Å². The monoisotopic (exact) mass is 246 g/mol. The lowest BCUT2D eigenvalue weighted by atomic mass is 10.2. The van der Waals surface area contributed by atoms with Crippen LogP contribution in [0.1, 0.15) is 12.5 Å². The Morgan fingerprint density at radius 3 is 2.62 bits per heavy atom. The fraction of sp³-hybridized carbons (Fsp3) is 0.400. The van der Waals surface area contributed by atoms with Gasteiger partial charge >= 0.3 is 0 Å². The average molecular weight is 246 g/mol. The fourth-order valence-electron chi connectivity index (χ4n) is 1.12. The summed E-state index contributed by atoms with van der Waals surface area (Å²) in [6, 6.07) is 3.41. The van der Waals surface area contributed by atoms with Gasteiger partial charge in [-0.3, -0.25) is 0 Å². The molecule has 0 saturated carbocycles. The first-order valence-corrected chi connectivity index (χ1v) is 6.33. The Morgan fingerprint density at radius 2 is 2.12 bits per heavy atom. The normalized spacial score (nSPS) is 13.8. The smallest absolute Gasteiger partial charge is 0.240 e. The van der Waals surface area contributed by atoms with Gasteiger partial charge in [-0.25, -0.2) is 17.5 Å². The molecule has 0 amide bonds. The van der Waals surface area contributed by atoms with Gasteiger partial charge in [0, 0.05) is 12.6 Å². The van der Waals surface area contributed by atoms with E-state index < -0.39 is 15.8 Å². The highest BCUT2D eigenvalue weighted by Crippen LogP contribution is 2.14. The predicted octanol–water partition coefficient (Wildman–Crippen LogP) is 0.760. The maximum absolute atomic E-state index is 13.2. The highest BCUT2D eigenvalue weighted by atomic mass is 32.2. The van der Waals surface area contributed by atoms with E-state index in [1.807, 2.05) is 0 Å². The second-order valence-corrected chi connectivity index (χ2v) is 5.38. The molecule has 6 heteroatoms. The van der Waals surface area contributed by atoms with Crippen molar-refractivity contribution >= 4 is 10.0 Å². The van der Waals surface area contributed by atoms with Crippen molar-refractivity contribution in [3.8, 4) is 0 Å². The summed E-state index contributed by atoms with van der Waals surface area (Å²) < 4.78 is 39.0. The van der Waals surface area contributed by atoms with E-state index in [9.17, 15) is 12.8 Å². The zero-order valence-corrected chi connectivity index (χ0v) is 10.0. The summed E-state index contributed by atoms with van der Waals surface area (Å²) in [5, 5.41) is 0. The maximum Gasteiger partial charge on any atom is 0.240 e. The summed E-state index contributed by atoms with van der Waals surface area (Å²) in [6.45, 7) is 3.40. The lowest BCUT2D eigenvalue weighted by molar-refractivity contribution is 0.559. The van der Waals surface area contributed by atoms with Crippen LogP contribution in [0.3, 0.4) is 0 Å². The fourth-order valence-corrected chi connectivity index (χ4v) is 2.39. The number of halogens is 1. The Balaban J connectivity index is 3.03. The van der Waals surface area contributed by atoms with Gasteiger partial charge in [0.2, 0.25) is 10.0 Å². The zero-order chi connectivity index (χ0) is 12.3. The van der Waals surface area contributed by atoms with E-state index in [1.54, 1.807) is 13.8 Å². The van der Waals surface area contributed by atoms with Gasteiger partial charge in [0.1, 0.15) is 5.82 Å². The van der Waals surface area contributed by atoms with E-state index in [-0.39, 0.29) is 17.5 Å². The number of sulfonamides is 1. The van der Waals surface area contributed by atoms with Gasteiger partial charge < -0.3 is 5.73 Å². The molecule has 0 radical (unpaired) electrons. The summed E-state index contributed by atoms with van der Waals surface area (Å²) in [7, 11) is -3.68. The average Bonchev–Trinajstić information content (AvgIpc) is 2.21. The first kappa shape index (κ1) is 13.1. The summed E-state index contributed by atoms with van der Waals surface area (Å²) >= 11 is 0. The minimum Gasteiger partial charge on any atom is -0.329 e. The van der Waals surface area contributed by atoms with Crippen molar-refractivity contribution in [1.29, 1.82) is 0 Å².